The number of amides is 3. The number of benzene rings is 1. The van der Waals surface area contributed by atoms with Crippen LogP contribution in [0.15, 0.2) is 29.2 Å². The lowest BCUT2D eigenvalue weighted by Gasteiger charge is -2.07. The van der Waals surface area contributed by atoms with Gasteiger partial charge in [-0.3, -0.25) is 10.1 Å². The topological polar surface area (TPSA) is 119 Å². The maximum atomic E-state index is 11.7. The highest BCUT2D eigenvalue weighted by Gasteiger charge is 2.24. The molecule has 1 aromatic carbocycles. The van der Waals surface area contributed by atoms with Gasteiger partial charge >= 0.3 is 12.0 Å². The van der Waals surface area contributed by atoms with Gasteiger partial charge in [-0.2, -0.15) is 0 Å². The van der Waals surface area contributed by atoms with E-state index in [0.717, 1.165) is 19.1 Å². The Bertz CT molecular complexity index is 722. The molecule has 2 rings (SSSR count). The predicted octanol–water partition coefficient (Wildman–Crippen LogP) is 0.235. The number of hydrogen-bond acceptors (Lipinski definition) is 6. The molecule has 1 aromatic rings. The number of carbonyl (C=O) groups excluding carboxylic acids is 3. The zero-order chi connectivity index (χ0) is 17.0. The van der Waals surface area contributed by atoms with E-state index in [0.29, 0.717) is 0 Å². The third-order valence-electron chi connectivity index (χ3n) is 3.02. The Kier molecular flexibility index (Phi) is 4.99. The van der Waals surface area contributed by atoms with Gasteiger partial charge in [0.15, 0.2) is 16.4 Å². The summed E-state index contributed by atoms with van der Waals surface area (Å²) in [5.41, 5.74) is 0.104. The van der Waals surface area contributed by atoms with Crippen LogP contribution in [0.25, 0.3) is 0 Å². The summed E-state index contributed by atoms with van der Waals surface area (Å²) in [5.74, 6) is -1.54. The minimum Gasteiger partial charge on any atom is -0.452 e. The molecule has 0 unspecified atom stereocenters. The average Bonchev–Trinajstić information content (AvgIpc) is 3.27. The summed E-state index contributed by atoms with van der Waals surface area (Å²) in [7, 11) is -3.35. The van der Waals surface area contributed by atoms with Crippen LogP contribution in [-0.2, 0) is 19.4 Å². The highest BCUT2D eigenvalue weighted by molar-refractivity contribution is 7.90. The van der Waals surface area contributed by atoms with Crippen LogP contribution in [0.3, 0.4) is 0 Å². The van der Waals surface area contributed by atoms with Crippen LogP contribution >= 0.6 is 0 Å². The van der Waals surface area contributed by atoms with Crippen molar-refractivity contribution in [2.45, 2.75) is 23.8 Å². The molecule has 0 bridgehead atoms. The molecule has 1 aliphatic carbocycles. The van der Waals surface area contributed by atoms with Crippen molar-refractivity contribution in [3.8, 4) is 0 Å². The van der Waals surface area contributed by atoms with Gasteiger partial charge in [-0.05, 0) is 37.1 Å². The van der Waals surface area contributed by atoms with E-state index in [-0.39, 0.29) is 16.5 Å². The Morgan fingerprint density at radius 1 is 1.17 bits per heavy atom. The van der Waals surface area contributed by atoms with Gasteiger partial charge in [-0.15, -0.1) is 0 Å². The molecule has 0 aromatic heterocycles. The molecule has 2 N–H and O–H groups in total. The molecule has 3 amide bonds. The summed E-state index contributed by atoms with van der Waals surface area (Å²) in [5, 5.41) is 4.60. The van der Waals surface area contributed by atoms with Crippen molar-refractivity contribution < 1.29 is 27.5 Å². The maximum Gasteiger partial charge on any atom is 0.338 e. The number of hydrogen-bond donors (Lipinski definition) is 2. The molecule has 0 aliphatic heterocycles. The van der Waals surface area contributed by atoms with Crippen LogP contribution in [-0.4, -0.2) is 45.2 Å². The van der Waals surface area contributed by atoms with Crippen molar-refractivity contribution in [1.82, 2.24) is 10.6 Å². The van der Waals surface area contributed by atoms with Crippen LogP contribution in [0.1, 0.15) is 23.2 Å². The van der Waals surface area contributed by atoms with E-state index in [2.05, 4.69) is 5.32 Å². The third-order valence-corrected chi connectivity index (χ3v) is 4.15. The summed E-state index contributed by atoms with van der Waals surface area (Å²) >= 11 is 0. The quantitative estimate of drug-likeness (QED) is 0.741. The van der Waals surface area contributed by atoms with Crippen LogP contribution < -0.4 is 10.6 Å². The van der Waals surface area contributed by atoms with Crippen LogP contribution in [0.2, 0.25) is 0 Å². The van der Waals surface area contributed by atoms with E-state index in [4.69, 9.17) is 4.74 Å². The molecule has 0 radical (unpaired) electrons. The van der Waals surface area contributed by atoms with E-state index in [1.54, 1.807) is 0 Å². The molecular formula is C14H16N2O6S. The lowest BCUT2D eigenvalue weighted by atomic mass is 10.2. The van der Waals surface area contributed by atoms with Crippen molar-refractivity contribution in [2.75, 3.05) is 12.9 Å². The van der Waals surface area contributed by atoms with E-state index in [1.165, 1.54) is 24.3 Å². The number of rotatable bonds is 5. The van der Waals surface area contributed by atoms with Crippen LogP contribution in [0, 0.1) is 0 Å². The van der Waals surface area contributed by atoms with Gasteiger partial charge in [-0.25, -0.2) is 18.0 Å². The molecular weight excluding hydrogens is 324 g/mol. The lowest BCUT2D eigenvalue weighted by molar-refractivity contribution is -0.123. The van der Waals surface area contributed by atoms with Crippen molar-refractivity contribution in [3.05, 3.63) is 29.8 Å². The Morgan fingerprint density at radius 3 is 2.30 bits per heavy atom. The minimum absolute atomic E-state index is 0.0727. The number of sulfone groups is 1. The van der Waals surface area contributed by atoms with Gasteiger partial charge in [-0.1, -0.05) is 0 Å². The lowest BCUT2D eigenvalue weighted by Crippen LogP contribution is -2.42. The molecule has 0 atom stereocenters. The van der Waals surface area contributed by atoms with Crippen molar-refractivity contribution in [1.29, 1.82) is 0 Å². The van der Waals surface area contributed by atoms with Gasteiger partial charge in [0.05, 0.1) is 10.5 Å². The van der Waals surface area contributed by atoms with Crippen molar-refractivity contribution >= 4 is 27.7 Å². The smallest absolute Gasteiger partial charge is 0.338 e. The van der Waals surface area contributed by atoms with E-state index in [9.17, 15) is 22.8 Å². The first-order valence-electron chi connectivity index (χ1n) is 6.83. The van der Waals surface area contributed by atoms with Crippen molar-refractivity contribution in [3.63, 3.8) is 0 Å². The molecule has 124 valence electrons. The van der Waals surface area contributed by atoms with Crippen LogP contribution in [0.4, 0.5) is 4.79 Å². The molecule has 1 aliphatic rings. The first kappa shape index (κ1) is 16.9. The monoisotopic (exact) mass is 340 g/mol. The SMILES string of the molecule is CS(=O)(=O)c1ccc(C(=O)OCC(=O)NC(=O)NC2CC2)cc1. The molecule has 0 spiro atoms. The normalized spacial score (nSPS) is 14.0. The van der Waals surface area contributed by atoms with E-state index < -0.39 is 34.4 Å². The molecule has 9 heteroatoms. The summed E-state index contributed by atoms with van der Waals surface area (Å²) < 4.78 is 27.4. The molecule has 1 saturated carbocycles. The largest absolute Gasteiger partial charge is 0.452 e. The fourth-order valence-corrected chi connectivity index (χ4v) is 2.29. The number of nitrogens with one attached hydrogen (secondary N) is 2. The Balaban J connectivity index is 1.81. The number of carbonyl (C=O) groups is 3. The van der Waals surface area contributed by atoms with Gasteiger partial charge < -0.3 is 10.1 Å². The average molecular weight is 340 g/mol. The summed E-state index contributed by atoms with van der Waals surface area (Å²) in [6.07, 6.45) is 2.83. The molecule has 1 fully saturated rings. The summed E-state index contributed by atoms with van der Waals surface area (Å²) in [4.78, 5) is 34.6. The van der Waals surface area contributed by atoms with Gasteiger partial charge in [0.25, 0.3) is 5.91 Å². The first-order chi connectivity index (χ1) is 10.8. The Hall–Kier alpha value is -2.42. The maximum absolute atomic E-state index is 11.7. The number of ether oxygens (including phenoxy) is 1. The highest BCUT2D eigenvalue weighted by atomic mass is 32.2. The number of imide groups is 1. The van der Waals surface area contributed by atoms with Gasteiger partial charge in [0.2, 0.25) is 0 Å². The minimum atomic E-state index is -3.35. The molecule has 0 saturated heterocycles. The van der Waals surface area contributed by atoms with Crippen molar-refractivity contribution in [2.24, 2.45) is 0 Å². The Labute approximate surface area is 133 Å². The number of urea groups is 1. The summed E-state index contributed by atoms with van der Waals surface area (Å²) in [6, 6.07) is 4.61. The highest BCUT2D eigenvalue weighted by Crippen LogP contribution is 2.18. The zero-order valence-corrected chi connectivity index (χ0v) is 13.2. The first-order valence-corrected chi connectivity index (χ1v) is 8.72. The predicted molar refractivity (Wildman–Crippen MR) is 79.5 cm³/mol. The standard InChI is InChI=1S/C14H16N2O6S/c1-23(20,21)11-6-2-9(3-7-11)13(18)22-8-12(17)16-14(19)15-10-4-5-10/h2-3,6-7,10H,4-5,8H2,1H3,(H2,15,16,17,19). The second-order valence-corrected chi connectivity index (χ2v) is 7.18. The zero-order valence-electron chi connectivity index (χ0n) is 12.4. The van der Waals surface area contributed by atoms with Crippen LogP contribution in [0.5, 0.6) is 0 Å². The summed E-state index contributed by atoms with van der Waals surface area (Å²) in [6.45, 7) is -0.606. The Morgan fingerprint density at radius 2 is 1.78 bits per heavy atom. The van der Waals surface area contributed by atoms with Gasteiger partial charge in [0.1, 0.15) is 0 Å². The second kappa shape index (κ2) is 6.78. The molecule has 0 heterocycles. The molecule has 8 nitrogen and oxygen atoms in total. The number of esters is 1. The third kappa shape index (κ3) is 5.37. The van der Waals surface area contributed by atoms with E-state index >= 15 is 0 Å². The van der Waals surface area contributed by atoms with Gasteiger partial charge in [0, 0.05) is 12.3 Å². The fourth-order valence-electron chi connectivity index (χ4n) is 1.66. The van der Waals surface area contributed by atoms with E-state index in [1.807, 2.05) is 5.32 Å². The fraction of sp³-hybridized carbons (Fsp3) is 0.357. The second-order valence-electron chi connectivity index (χ2n) is 5.17. The molecule has 23 heavy (non-hydrogen) atoms.